The van der Waals surface area contributed by atoms with Gasteiger partial charge in [0.15, 0.2) is 6.10 Å². The van der Waals surface area contributed by atoms with E-state index in [9.17, 15) is 9.18 Å². The average Bonchev–Trinajstić information content (AvgIpc) is 3.13. The van der Waals surface area contributed by atoms with Gasteiger partial charge in [0.05, 0.1) is 15.2 Å². The molecule has 1 amide bonds. The van der Waals surface area contributed by atoms with Crippen molar-refractivity contribution in [3.63, 3.8) is 0 Å². The number of anilines is 1. The molecule has 0 radical (unpaired) electrons. The maximum absolute atomic E-state index is 13.0. The van der Waals surface area contributed by atoms with Gasteiger partial charge in [0, 0.05) is 12.1 Å². The highest BCUT2D eigenvalue weighted by atomic mass is 32.1. The van der Waals surface area contributed by atoms with E-state index in [1.807, 2.05) is 42.5 Å². The number of nitrogens with one attached hydrogen (secondary N) is 1. The Hall–Kier alpha value is -3.25. The Morgan fingerprint density at radius 3 is 2.52 bits per heavy atom. The van der Waals surface area contributed by atoms with Crippen molar-refractivity contribution in [1.82, 2.24) is 4.98 Å². The van der Waals surface area contributed by atoms with E-state index in [2.05, 4.69) is 16.4 Å². The summed E-state index contributed by atoms with van der Waals surface area (Å²) in [6.07, 6.45) is 0.0420. The highest BCUT2D eigenvalue weighted by molar-refractivity contribution is 7.18. The number of benzene rings is 3. The molecule has 6 heteroatoms. The lowest BCUT2D eigenvalue weighted by Crippen LogP contribution is -2.30. The van der Waals surface area contributed by atoms with Crippen LogP contribution in [-0.2, 0) is 11.2 Å². The Balaban J connectivity index is 1.35. The predicted octanol–water partition coefficient (Wildman–Crippen LogP) is 5.43. The molecule has 0 aliphatic heterocycles. The molecule has 0 spiro atoms. The number of para-hydroxylation sites is 1. The Kier molecular flexibility index (Phi) is 5.53. The number of carbonyl (C=O) groups excluding carboxylic acids is 1. The van der Waals surface area contributed by atoms with Crippen molar-refractivity contribution in [2.24, 2.45) is 0 Å². The summed E-state index contributed by atoms with van der Waals surface area (Å²) in [6, 6.07) is 21.4. The predicted molar refractivity (Wildman–Crippen MR) is 114 cm³/mol. The summed E-state index contributed by atoms with van der Waals surface area (Å²) in [6.45, 7) is 1.65. The van der Waals surface area contributed by atoms with Crippen LogP contribution in [0.15, 0.2) is 72.8 Å². The largest absolute Gasteiger partial charge is 0.481 e. The van der Waals surface area contributed by atoms with Gasteiger partial charge in [0.2, 0.25) is 0 Å². The van der Waals surface area contributed by atoms with E-state index in [1.165, 1.54) is 29.0 Å². The van der Waals surface area contributed by atoms with Gasteiger partial charge in [-0.1, -0.05) is 24.3 Å². The normalized spacial score (nSPS) is 11.9. The van der Waals surface area contributed by atoms with Crippen LogP contribution in [-0.4, -0.2) is 17.0 Å². The van der Waals surface area contributed by atoms with Gasteiger partial charge in [-0.2, -0.15) is 0 Å². The molecule has 0 saturated carbocycles. The fraction of sp³-hybridized carbons (Fsp3) is 0.130. The van der Waals surface area contributed by atoms with Crippen molar-refractivity contribution in [1.29, 1.82) is 0 Å². The summed E-state index contributed by atoms with van der Waals surface area (Å²) in [5.41, 5.74) is 2.83. The zero-order valence-electron chi connectivity index (χ0n) is 15.8. The lowest BCUT2D eigenvalue weighted by molar-refractivity contribution is -0.122. The molecule has 3 aromatic carbocycles. The van der Waals surface area contributed by atoms with Crippen molar-refractivity contribution >= 4 is 33.1 Å². The van der Waals surface area contributed by atoms with Crippen LogP contribution in [0.25, 0.3) is 10.2 Å². The number of aromatic nitrogens is 1. The number of ether oxygens (including phenoxy) is 1. The summed E-state index contributed by atoms with van der Waals surface area (Å²) in [5, 5.41) is 3.89. The van der Waals surface area contributed by atoms with Gasteiger partial charge >= 0.3 is 0 Å². The Morgan fingerprint density at radius 2 is 1.79 bits per heavy atom. The Bertz CT molecular complexity index is 1090. The van der Waals surface area contributed by atoms with E-state index in [0.717, 1.165) is 22.5 Å². The van der Waals surface area contributed by atoms with Gasteiger partial charge in [0.1, 0.15) is 11.6 Å². The number of nitrogens with zero attached hydrogens (tertiary/aromatic N) is 1. The van der Waals surface area contributed by atoms with Gasteiger partial charge in [-0.05, 0) is 61.0 Å². The molecule has 146 valence electrons. The van der Waals surface area contributed by atoms with E-state index in [4.69, 9.17) is 4.74 Å². The fourth-order valence-corrected chi connectivity index (χ4v) is 3.89. The first-order chi connectivity index (χ1) is 14.1. The fourth-order valence-electron chi connectivity index (χ4n) is 2.89. The molecule has 29 heavy (non-hydrogen) atoms. The van der Waals surface area contributed by atoms with E-state index in [-0.39, 0.29) is 11.7 Å². The third-order valence-electron chi connectivity index (χ3n) is 4.41. The van der Waals surface area contributed by atoms with Gasteiger partial charge in [-0.3, -0.25) is 4.79 Å². The van der Waals surface area contributed by atoms with Gasteiger partial charge < -0.3 is 10.1 Å². The maximum atomic E-state index is 13.0. The number of fused-ring (bicyclic) bond motifs is 1. The molecule has 0 saturated heterocycles. The molecule has 1 atom stereocenters. The molecule has 1 aromatic heterocycles. The molecular weight excluding hydrogens is 387 g/mol. The summed E-state index contributed by atoms with van der Waals surface area (Å²) >= 11 is 1.69. The van der Waals surface area contributed by atoms with Crippen LogP contribution in [0.3, 0.4) is 0 Å². The van der Waals surface area contributed by atoms with E-state index in [0.29, 0.717) is 11.4 Å². The second-order valence-corrected chi connectivity index (χ2v) is 7.77. The van der Waals surface area contributed by atoms with Gasteiger partial charge in [-0.15, -0.1) is 11.3 Å². The first-order valence-corrected chi connectivity index (χ1v) is 10.0. The SMILES string of the molecule is CC(Oc1ccc(F)cc1)C(=O)Nc1ccc(Cc2nc3ccccc3s2)cc1. The Labute approximate surface area is 172 Å². The van der Waals surface area contributed by atoms with Crippen LogP contribution < -0.4 is 10.1 Å². The van der Waals surface area contributed by atoms with Crippen LogP contribution in [0.4, 0.5) is 10.1 Å². The number of carbonyl (C=O) groups is 1. The minimum atomic E-state index is -0.706. The first kappa shape index (κ1) is 19.1. The zero-order valence-corrected chi connectivity index (χ0v) is 16.6. The highest BCUT2D eigenvalue weighted by Crippen LogP contribution is 2.24. The molecule has 1 N–H and O–H groups in total. The number of rotatable bonds is 6. The molecule has 1 heterocycles. The zero-order chi connectivity index (χ0) is 20.2. The summed E-state index contributed by atoms with van der Waals surface area (Å²) in [5.74, 6) is -0.172. The maximum Gasteiger partial charge on any atom is 0.265 e. The molecule has 0 fully saturated rings. The Morgan fingerprint density at radius 1 is 1.07 bits per heavy atom. The number of amides is 1. The van der Waals surface area contributed by atoms with Crippen molar-refractivity contribution in [2.45, 2.75) is 19.4 Å². The van der Waals surface area contributed by atoms with Crippen molar-refractivity contribution in [2.75, 3.05) is 5.32 Å². The molecule has 0 aliphatic rings. The minimum absolute atomic E-state index is 0.270. The van der Waals surface area contributed by atoms with Crippen molar-refractivity contribution in [3.05, 3.63) is 89.2 Å². The summed E-state index contributed by atoms with van der Waals surface area (Å²) < 4.78 is 19.7. The van der Waals surface area contributed by atoms with Crippen molar-refractivity contribution < 1.29 is 13.9 Å². The average molecular weight is 406 g/mol. The second kappa shape index (κ2) is 8.41. The quantitative estimate of drug-likeness (QED) is 0.464. The molecular formula is C23H19FN2O2S. The monoisotopic (exact) mass is 406 g/mol. The van der Waals surface area contributed by atoms with Crippen molar-refractivity contribution in [3.8, 4) is 5.75 Å². The van der Waals surface area contributed by atoms with E-state index >= 15 is 0 Å². The third kappa shape index (κ3) is 4.78. The molecule has 0 bridgehead atoms. The second-order valence-electron chi connectivity index (χ2n) is 6.65. The molecule has 4 nitrogen and oxygen atoms in total. The number of thiazole rings is 1. The molecule has 4 rings (SSSR count). The van der Waals surface area contributed by atoms with Gasteiger partial charge in [-0.25, -0.2) is 9.37 Å². The number of hydrogen-bond acceptors (Lipinski definition) is 4. The van der Waals surface area contributed by atoms with Crippen LogP contribution in [0, 0.1) is 5.82 Å². The van der Waals surface area contributed by atoms with Crippen LogP contribution in [0.5, 0.6) is 5.75 Å². The third-order valence-corrected chi connectivity index (χ3v) is 5.45. The molecule has 4 aromatic rings. The highest BCUT2D eigenvalue weighted by Gasteiger charge is 2.15. The van der Waals surface area contributed by atoms with E-state index in [1.54, 1.807) is 18.3 Å². The lowest BCUT2D eigenvalue weighted by Gasteiger charge is -2.15. The molecule has 1 unspecified atom stereocenters. The van der Waals surface area contributed by atoms with Gasteiger partial charge in [0.25, 0.3) is 5.91 Å². The van der Waals surface area contributed by atoms with E-state index < -0.39 is 6.10 Å². The van der Waals surface area contributed by atoms with Crippen LogP contribution in [0.2, 0.25) is 0 Å². The standard InChI is InChI=1S/C23H19FN2O2S/c1-15(28-19-12-8-17(24)9-13-19)23(27)25-18-10-6-16(7-11-18)14-22-26-20-4-2-3-5-21(20)29-22/h2-13,15H,14H2,1H3,(H,25,27). The lowest BCUT2D eigenvalue weighted by atomic mass is 10.1. The molecule has 0 aliphatic carbocycles. The summed E-state index contributed by atoms with van der Waals surface area (Å²) in [7, 11) is 0. The topological polar surface area (TPSA) is 51.2 Å². The summed E-state index contributed by atoms with van der Waals surface area (Å²) in [4.78, 5) is 17.0. The first-order valence-electron chi connectivity index (χ1n) is 9.23. The number of halogens is 1. The smallest absolute Gasteiger partial charge is 0.265 e. The number of hydrogen-bond donors (Lipinski definition) is 1. The minimum Gasteiger partial charge on any atom is -0.481 e. The van der Waals surface area contributed by atoms with Crippen LogP contribution in [0.1, 0.15) is 17.5 Å². The van der Waals surface area contributed by atoms with Crippen LogP contribution >= 0.6 is 11.3 Å².